The van der Waals surface area contributed by atoms with E-state index in [1.165, 1.54) is 17.0 Å². The molecule has 1 amide bonds. The second-order valence-electron chi connectivity index (χ2n) is 9.10. The smallest absolute Gasteiger partial charge is 0.261 e. The number of nitrogens with zero attached hydrogens (tertiary/aromatic N) is 2. The van der Waals surface area contributed by atoms with Gasteiger partial charge in [0, 0.05) is 35.5 Å². The van der Waals surface area contributed by atoms with Crippen molar-refractivity contribution in [2.24, 2.45) is 10.7 Å². The molecular weight excluding hydrogens is 476 g/mol. The van der Waals surface area contributed by atoms with Gasteiger partial charge in [0.15, 0.2) is 11.5 Å². The second kappa shape index (κ2) is 8.00. The molecule has 3 aromatic rings. The number of halogens is 3. The molecule has 2 heterocycles. The van der Waals surface area contributed by atoms with Crippen LogP contribution in [-0.2, 0) is 16.8 Å². The number of fused-ring (bicyclic) bond motifs is 2. The summed E-state index contributed by atoms with van der Waals surface area (Å²) < 4.78 is 20.5. The van der Waals surface area contributed by atoms with E-state index in [-0.39, 0.29) is 23.3 Å². The van der Waals surface area contributed by atoms with E-state index < -0.39 is 17.0 Å². The van der Waals surface area contributed by atoms with Gasteiger partial charge in [-0.2, -0.15) is 0 Å². The highest BCUT2D eigenvalue weighted by atomic mass is 35.5. The fourth-order valence-electron chi connectivity index (χ4n) is 4.95. The number of amides is 1. The van der Waals surface area contributed by atoms with E-state index in [2.05, 4.69) is 4.99 Å². The monoisotopic (exact) mass is 497 g/mol. The Morgan fingerprint density at radius 3 is 2.56 bits per heavy atom. The fraction of sp³-hybridized carbons (Fsp3) is 0.231. The molecule has 0 aromatic heterocycles. The van der Waals surface area contributed by atoms with Crippen LogP contribution in [0.25, 0.3) is 11.1 Å². The molecule has 2 atom stereocenters. The van der Waals surface area contributed by atoms with Crippen molar-refractivity contribution in [3.8, 4) is 16.9 Å². The van der Waals surface area contributed by atoms with Crippen molar-refractivity contribution in [3.05, 3.63) is 87.7 Å². The van der Waals surface area contributed by atoms with Crippen molar-refractivity contribution in [2.75, 3.05) is 7.05 Å². The summed E-state index contributed by atoms with van der Waals surface area (Å²) >= 11 is 12.3. The molecule has 1 spiro atoms. The summed E-state index contributed by atoms with van der Waals surface area (Å²) in [7, 11) is 1.61. The lowest BCUT2D eigenvalue weighted by atomic mass is 9.74. The van der Waals surface area contributed by atoms with E-state index in [0.717, 1.165) is 5.56 Å². The highest BCUT2D eigenvalue weighted by Gasteiger charge is 2.56. The van der Waals surface area contributed by atoms with Crippen LogP contribution in [0, 0.1) is 5.82 Å². The molecule has 5 nitrogen and oxygen atoms in total. The summed E-state index contributed by atoms with van der Waals surface area (Å²) in [6.07, 6.45) is 0.791. The van der Waals surface area contributed by atoms with Gasteiger partial charge >= 0.3 is 0 Å². The van der Waals surface area contributed by atoms with E-state index in [0.29, 0.717) is 33.9 Å². The molecule has 0 radical (unpaired) electrons. The summed E-state index contributed by atoms with van der Waals surface area (Å²) in [5.41, 5.74) is 6.95. The number of hydrogen-bond donors (Lipinski definition) is 1. The molecule has 2 aliphatic heterocycles. The summed E-state index contributed by atoms with van der Waals surface area (Å²) in [6, 6.07) is 17.3. The molecule has 5 rings (SSSR count). The van der Waals surface area contributed by atoms with Gasteiger partial charge in [-0.25, -0.2) is 9.38 Å². The van der Waals surface area contributed by atoms with Crippen LogP contribution in [0.3, 0.4) is 0 Å². The Hall–Kier alpha value is -3.09. The molecule has 34 heavy (non-hydrogen) atoms. The Morgan fingerprint density at radius 1 is 1.09 bits per heavy atom. The van der Waals surface area contributed by atoms with Crippen molar-refractivity contribution < 1.29 is 13.9 Å². The third-order valence-corrected chi connectivity index (χ3v) is 6.84. The normalized spacial score (nSPS) is 23.6. The zero-order chi connectivity index (χ0) is 24.3. The van der Waals surface area contributed by atoms with Gasteiger partial charge in [-0.3, -0.25) is 9.69 Å². The minimum absolute atomic E-state index is 0.141. The summed E-state index contributed by atoms with van der Waals surface area (Å²) in [6.45, 7) is 1.95. The molecular formula is C26H22Cl2FN3O2. The Labute approximate surface area is 206 Å². The van der Waals surface area contributed by atoms with E-state index in [4.69, 9.17) is 33.7 Å². The van der Waals surface area contributed by atoms with Crippen molar-refractivity contribution in [1.29, 1.82) is 0 Å². The maximum Gasteiger partial charge on any atom is 0.261 e. The predicted molar refractivity (Wildman–Crippen MR) is 132 cm³/mol. The number of guanidine groups is 1. The lowest BCUT2D eigenvalue weighted by Gasteiger charge is -2.43. The summed E-state index contributed by atoms with van der Waals surface area (Å²) in [5, 5.41) is 0.913. The molecule has 2 N–H and O–H groups in total. The lowest BCUT2D eigenvalue weighted by Crippen LogP contribution is -2.51. The van der Waals surface area contributed by atoms with Gasteiger partial charge in [-0.1, -0.05) is 41.4 Å². The minimum atomic E-state index is -1.26. The molecule has 0 fully saturated rings. The quantitative estimate of drug-likeness (QED) is 0.514. The van der Waals surface area contributed by atoms with Gasteiger partial charge in [-0.15, -0.1) is 0 Å². The van der Waals surface area contributed by atoms with Crippen molar-refractivity contribution in [1.82, 2.24) is 4.90 Å². The first kappa shape index (κ1) is 22.7. The van der Waals surface area contributed by atoms with Gasteiger partial charge in [-0.05, 0) is 66.1 Å². The van der Waals surface area contributed by atoms with Gasteiger partial charge in [0.05, 0.1) is 0 Å². The number of carbonyl (C=O) groups excluding carboxylic acids is 1. The zero-order valence-corrected chi connectivity index (χ0v) is 20.1. The van der Waals surface area contributed by atoms with E-state index in [9.17, 15) is 9.18 Å². The molecule has 0 saturated heterocycles. The number of hydrogen-bond acceptors (Lipinski definition) is 4. The first-order chi connectivity index (χ1) is 16.1. The minimum Gasteiger partial charge on any atom is -0.487 e. The standard InChI is InChI=1S/C26H22Cl2FN3O2/c1-25(13-15-4-3-5-18(27)8-15)14-26(23(33)32(2)24(30)31-26)21-11-16(6-7-22(21)34-25)17-9-19(28)12-20(29)10-17/h3-12H,13-14H2,1-2H3,(H2,30,31). The molecule has 3 aromatic carbocycles. The van der Waals surface area contributed by atoms with E-state index in [1.807, 2.05) is 43.3 Å². The SMILES string of the molecule is CN1C(=O)C2(CC(C)(Cc3cccc(Cl)c3)Oc3ccc(-c4cc(F)cc(Cl)c4)cc32)N=C1N. The van der Waals surface area contributed by atoms with Gasteiger partial charge < -0.3 is 10.5 Å². The largest absolute Gasteiger partial charge is 0.487 e. The van der Waals surface area contributed by atoms with Crippen molar-refractivity contribution >= 4 is 35.1 Å². The predicted octanol–water partition coefficient (Wildman–Crippen LogP) is 5.57. The number of rotatable bonds is 3. The van der Waals surface area contributed by atoms with Gasteiger partial charge in [0.1, 0.15) is 17.2 Å². The molecule has 174 valence electrons. The third-order valence-electron chi connectivity index (χ3n) is 6.38. The molecule has 2 unspecified atom stereocenters. The van der Waals surface area contributed by atoms with Crippen LogP contribution in [0.5, 0.6) is 5.75 Å². The van der Waals surface area contributed by atoms with Crippen molar-refractivity contribution in [2.45, 2.75) is 30.9 Å². The van der Waals surface area contributed by atoms with E-state index in [1.54, 1.807) is 19.2 Å². The van der Waals surface area contributed by atoms with Crippen LogP contribution >= 0.6 is 23.2 Å². The fourth-order valence-corrected chi connectivity index (χ4v) is 5.38. The van der Waals surface area contributed by atoms with Gasteiger partial charge in [0.25, 0.3) is 5.91 Å². The van der Waals surface area contributed by atoms with Crippen molar-refractivity contribution in [3.63, 3.8) is 0 Å². The summed E-state index contributed by atoms with van der Waals surface area (Å²) in [4.78, 5) is 19.6. The molecule has 2 aliphatic rings. The molecule has 0 saturated carbocycles. The van der Waals surface area contributed by atoms with Crippen LogP contribution in [0.1, 0.15) is 24.5 Å². The highest BCUT2D eigenvalue weighted by Crippen LogP contribution is 2.50. The van der Waals surface area contributed by atoms with Crippen LogP contribution < -0.4 is 10.5 Å². The van der Waals surface area contributed by atoms with Gasteiger partial charge in [0.2, 0.25) is 0 Å². The molecule has 8 heteroatoms. The third kappa shape index (κ3) is 3.81. The first-order valence-corrected chi connectivity index (χ1v) is 11.5. The number of carbonyl (C=O) groups is 1. The number of nitrogens with two attached hydrogens (primary N) is 1. The number of aliphatic imine (C=N–C) groups is 1. The van der Waals surface area contributed by atoms with E-state index >= 15 is 0 Å². The maximum atomic E-state index is 14.0. The van der Waals surface area contributed by atoms with Crippen LogP contribution in [0.15, 0.2) is 65.7 Å². The molecule has 0 bridgehead atoms. The second-order valence-corrected chi connectivity index (χ2v) is 9.97. The summed E-state index contributed by atoms with van der Waals surface area (Å²) in [5.74, 6) is -0.00935. The molecule has 0 aliphatic carbocycles. The average Bonchev–Trinajstić information content (AvgIpc) is 2.96. The van der Waals surface area contributed by atoms with Crippen LogP contribution in [-0.4, -0.2) is 29.4 Å². The maximum absolute atomic E-state index is 14.0. The average molecular weight is 498 g/mol. The van der Waals surface area contributed by atoms with Crippen LogP contribution in [0.4, 0.5) is 4.39 Å². The first-order valence-electron chi connectivity index (χ1n) is 10.8. The number of benzene rings is 3. The zero-order valence-electron chi connectivity index (χ0n) is 18.6. The number of likely N-dealkylation sites (N-methyl/N-ethyl adjacent to an activating group) is 1. The topological polar surface area (TPSA) is 67.9 Å². The Kier molecular flexibility index (Phi) is 5.34. The van der Waals surface area contributed by atoms with Crippen LogP contribution in [0.2, 0.25) is 10.0 Å². The highest BCUT2D eigenvalue weighted by molar-refractivity contribution is 6.31. The number of ether oxygens (including phenoxy) is 1. The Morgan fingerprint density at radius 2 is 1.88 bits per heavy atom. The Bertz CT molecular complexity index is 1340. The lowest BCUT2D eigenvalue weighted by molar-refractivity contribution is -0.133. The Balaban J connectivity index is 1.65.